The zero-order chi connectivity index (χ0) is 16.3. The number of aliphatic hydroxyl groups is 1. The first kappa shape index (κ1) is 17.2. The molecule has 9 heteroatoms. The molecule has 0 aliphatic rings. The van der Waals surface area contributed by atoms with Crippen molar-refractivity contribution in [2.45, 2.75) is 17.4 Å². The van der Waals surface area contributed by atoms with Crippen LogP contribution in [0.5, 0.6) is 11.5 Å². The molecule has 1 atom stereocenters. The molecule has 0 spiro atoms. The van der Waals surface area contributed by atoms with E-state index in [1.165, 1.54) is 32.4 Å². The molecular weight excluding hydrogens is 302 g/mol. The van der Waals surface area contributed by atoms with Gasteiger partial charge in [0.25, 0.3) is 0 Å². The number of ether oxygens (including phenoxy) is 2. The maximum atomic E-state index is 12.1. The van der Waals surface area contributed by atoms with Crippen LogP contribution in [0.25, 0.3) is 0 Å². The van der Waals surface area contributed by atoms with Crippen LogP contribution in [0.1, 0.15) is 6.92 Å². The predicted octanol–water partition coefficient (Wildman–Crippen LogP) is -0.182. The lowest BCUT2D eigenvalue weighted by molar-refractivity contribution is -0.155. The number of hydrogen-bond acceptors (Lipinski definition) is 6. The van der Waals surface area contributed by atoms with Gasteiger partial charge in [0.15, 0.2) is 17.1 Å². The third kappa shape index (κ3) is 4.06. The third-order valence-electron chi connectivity index (χ3n) is 2.73. The van der Waals surface area contributed by atoms with Crippen LogP contribution in [0.15, 0.2) is 23.1 Å². The lowest BCUT2D eigenvalue weighted by atomic mass is 10.1. The van der Waals surface area contributed by atoms with E-state index in [1.54, 1.807) is 0 Å². The molecule has 1 aromatic rings. The number of nitrogens with one attached hydrogen (secondary N) is 1. The molecule has 3 N–H and O–H groups in total. The number of sulfonamides is 1. The van der Waals surface area contributed by atoms with Crippen LogP contribution in [0.3, 0.4) is 0 Å². The highest BCUT2D eigenvalue weighted by atomic mass is 32.2. The highest BCUT2D eigenvalue weighted by Gasteiger charge is 2.32. The number of carbonyl (C=O) groups is 1. The number of hydrogen-bond donors (Lipinski definition) is 3. The van der Waals surface area contributed by atoms with Crippen molar-refractivity contribution in [3.63, 3.8) is 0 Å². The Hall–Kier alpha value is -1.84. The summed E-state index contributed by atoms with van der Waals surface area (Å²) in [6.45, 7) is 0.325. The van der Waals surface area contributed by atoms with E-state index in [-0.39, 0.29) is 10.6 Å². The summed E-state index contributed by atoms with van der Waals surface area (Å²) in [4.78, 5) is 10.6. The molecule has 0 aromatic heterocycles. The molecular formula is C12H17NO7S. The molecule has 1 rings (SSSR count). The van der Waals surface area contributed by atoms with Crippen molar-refractivity contribution < 1.29 is 32.9 Å². The van der Waals surface area contributed by atoms with Crippen LogP contribution < -0.4 is 14.2 Å². The van der Waals surface area contributed by atoms with Crippen molar-refractivity contribution >= 4 is 16.0 Å². The van der Waals surface area contributed by atoms with Crippen LogP contribution in [0, 0.1) is 0 Å². The van der Waals surface area contributed by atoms with Gasteiger partial charge in [0.1, 0.15) is 0 Å². The Balaban J connectivity index is 3.01. The summed E-state index contributed by atoms with van der Waals surface area (Å²) in [6, 6.07) is 3.92. The van der Waals surface area contributed by atoms with Gasteiger partial charge in [-0.3, -0.25) is 0 Å². The Kier molecular flexibility index (Phi) is 5.15. The Morgan fingerprint density at radius 3 is 2.33 bits per heavy atom. The molecule has 0 amide bonds. The van der Waals surface area contributed by atoms with Gasteiger partial charge in [0.2, 0.25) is 10.0 Å². The van der Waals surface area contributed by atoms with Crippen molar-refractivity contribution in [1.29, 1.82) is 0 Å². The summed E-state index contributed by atoms with van der Waals surface area (Å²) in [5.41, 5.74) is -2.20. The predicted molar refractivity (Wildman–Crippen MR) is 73.0 cm³/mol. The molecule has 21 heavy (non-hydrogen) atoms. The molecule has 0 aliphatic carbocycles. The van der Waals surface area contributed by atoms with Crippen LogP contribution in [-0.4, -0.2) is 51.0 Å². The fraction of sp³-hybridized carbons (Fsp3) is 0.417. The molecule has 1 aromatic carbocycles. The number of benzene rings is 1. The van der Waals surface area contributed by atoms with Gasteiger partial charge in [0, 0.05) is 6.07 Å². The molecule has 0 radical (unpaired) electrons. The number of aliphatic carboxylic acids is 1. The van der Waals surface area contributed by atoms with Crippen molar-refractivity contribution in [3.05, 3.63) is 18.2 Å². The van der Waals surface area contributed by atoms with E-state index in [1.807, 2.05) is 4.72 Å². The zero-order valence-corrected chi connectivity index (χ0v) is 12.6. The first-order valence-electron chi connectivity index (χ1n) is 5.81. The van der Waals surface area contributed by atoms with Crippen LogP contribution in [-0.2, 0) is 14.8 Å². The highest BCUT2D eigenvalue weighted by molar-refractivity contribution is 7.89. The number of carboxylic acid groups (broad SMARTS) is 1. The maximum absolute atomic E-state index is 12.1. The maximum Gasteiger partial charge on any atom is 0.336 e. The average Bonchev–Trinajstić information content (AvgIpc) is 2.44. The summed E-state index contributed by atoms with van der Waals surface area (Å²) in [5.74, 6) is -0.961. The summed E-state index contributed by atoms with van der Waals surface area (Å²) < 4.78 is 36.1. The minimum Gasteiger partial charge on any atom is -0.493 e. The van der Waals surface area contributed by atoms with E-state index in [4.69, 9.17) is 14.6 Å². The van der Waals surface area contributed by atoms with E-state index >= 15 is 0 Å². The van der Waals surface area contributed by atoms with E-state index in [0.717, 1.165) is 6.92 Å². The normalized spacial score (nSPS) is 14.3. The standard InChI is InChI=1S/C12H17NO7S/c1-12(16,11(14)15)7-13-21(17,18)8-4-5-9(19-2)10(6-8)20-3/h4-6,13,16H,7H2,1-3H3,(H,14,15). The Labute approximate surface area is 122 Å². The highest BCUT2D eigenvalue weighted by Crippen LogP contribution is 2.29. The minimum atomic E-state index is -3.99. The minimum absolute atomic E-state index is 0.138. The van der Waals surface area contributed by atoms with Gasteiger partial charge in [-0.1, -0.05) is 0 Å². The zero-order valence-electron chi connectivity index (χ0n) is 11.8. The topological polar surface area (TPSA) is 122 Å². The Bertz CT molecular complexity index is 624. The Morgan fingerprint density at radius 1 is 1.29 bits per heavy atom. The fourth-order valence-corrected chi connectivity index (χ4v) is 2.53. The van der Waals surface area contributed by atoms with Crippen molar-refractivity contribution in [2.75, 3.05) is 20.8 Å². The SMILES string of the molecule is COc1ccc(S(=O)(=O)NCC(C)(O)C(=O)O)cc1OC. The van der Waals surface area contributed by atoms with Gasteiger partial charge in [-0.25, -0.2) is 17.9 Å². The average molecular weight is 319 g/mol. The molecule has 1 unspecified atom stereocenters. The summed E-state index contributed by atoms with van der Waals surface area (Å²) in [6.07, 6.45) is 0. The molecule has 0 fully saturated rings. The van der Waals surface area contributed by atoms with Crippen LogP contribution >= 0.6 is 0 Å². The van der Waals surface area contributed by atoms with Gasteiger partial charge in [-0.15, -0.1) is 0 Å². The van der Waals surface area contributed by atoms with Crippen LogP contribution in [0.2, 0.25) is 0 Å². The molecule has 0 saturated heterocycles. The van der Waals surface area contributed by atoms with E-state index in [0.29, 0.717) is 5.75 Å². The van der Waals surface area contributed by atoms with Gasteiger partial charge in [-0.05, 0) is 19.1 Å². The monoisotopic (exact) mass is 319 g/mol. The molecule has 0 heterocycles. The lowest BCUT2D eigenvalue weighted by Gasteiger charge is -2.18. The van der Waals surface area contributed by atoms with Crippen LogP contribution in [0.4, 0.5) is 0 Å². The summed E-state index contributed by atoms with van der Waals surface area (Å²) in [5, 5.41) is 18.3. The Morgan fingerprint density at radius 2 is 1.86 bits per heavy atom. The molecule has 0 saturated carbocycles. The number of carboxylic acids is 1. The number of rotatable bonds is 7. The second-order valence-electron chi connectivity index (χ2n) is 4.42. The second kappa shape index (κ2) is 6.29. The van der Waals surface area contributed by atoms with E-state index in [2.05, 4.69) is 0 Å². The largest absolute Gasteiger partial charge is 0.493 e. The summed E-state index contributed by atoms with van der Waals surface area (Å²) >= 11 is 0. The van der Waals surface area contributed by atoms with Crippen molar-refractivity contribution in [3.8, 4) is 11.5 Å². The third-order valence-corrected chi connectivity index (χ3v) is 4.13. The quantitative estimate of drug-likeness (QED) is 0.637. The first-order valence-corrected chi connectivity index (χ1v) is 7.30. The molecule has 0 bridgehead atoms. The van der Waals surface area contributed by atoms with E-state index < -0.39 is 28.1 Å². The first-order chi connectivity index (χ1) is 9.64. The van der Waals surface area contributed by atoms with Gasteiger partial charge >= 0.3 is 5.97 Å². The van der Waals surface area contributed by atoms with Gasteiger partial charge in [0.05, 0.1) is 25.7 Å². The molecule has 8 nitrogen and oxygen atoms in total. The van der Waals surface area contributed by atoms with Crippen molar-refractivity contribution in [2.24, 2.45) is 0 Å². The lowest BCUT2D eigenvalue weighted by Crippen LogP contribution is -2.46. The smallest absolute Gasteiger partial charge is 0.336 e. The second-order valence-corrected chi connectivity index (χ2v) is 6.19. The number of methoxy groups -OCH3 is 2. The van der Waals surface area contributed by atoms with Gasteiger partial charge in [-0.2, -0.15) is 0 Å². The van der Waals surface area contributed by atoms with Gasteiger partial charge < -0.3 is 19.7 Å². The summed E-state index contributed by atoms with van der Waals surface area (Å²) in [7, 11) is -1.22. The van der Waals surface area contributed by atoms with E-state index in [9.17, 15) is 18.3 Å². The molecule has 0 aliphatic heterocycles. The van der Waals surface area contributed by atoms with Crippen molar-refractivity contribution in [1.82, 2.24) is 4.72 Å². The fourth-order valence-electron chi connectivity index (χ4n) is 1.38. The molecule has 118 valence electrons.